The summed E-state index contributed by atoms with van der Waals surface area (Å²) in [7, 11) is 0. The summed E-state index contributed by atoms with van der Waals surface area (Å²) in [4.78, 5) is 10.9. The van der Waals surface area contributed by atoms with Crippen molar-refractivity contribution in [1.29, 1.82) is 0 Å². The van der Waals surface area contributed by atoms with Gasteiger partial charge >= 0.3 is 0 Å². The Morgan fingerprint density at radius 3 is 1.23 bits per heavy atom. The second kappa shape index (κ2) is 14.5. The lowest BCUT2D eigenvalue weighted by molar-refractivity contribution is 1.24. The topological polar surface area (TPSA) is 25.8 Å². The Hall–Kier alpha value is -7.72. The average molecular weight is 793 g/mol. The molecular formula is C58H36N2S. The molecule has 0 saturated carbocycles. The first-order valence-electron chi connectivity index (χ1n) is 20.7. The van der Waals surface area contributed by atoms with Crippen LogP contribution in [-0.4, -0.2) is 9.97 Å². The van der Waals surface area contributed by atoms with E-state index in [1.807, 2.05) is 0 Å². The fourth-order valence-corrected chi connectivity index (χ4v) is 10.2. The van der Waals surface area contributed by atoms with Crippen molar-refractivity contribution in [3.8, 4) is 67.2 Å². The van der Waals surface area contributed by atoms with E-state index < -0.39 is 0 Å². The summed E-state index contributed by atoms with van der Waals surface area (Å²) in [6.07, 6.45) is 0. The van der Waals surface area contributed by atoms with Crippen molar-refractivity contribution < 1.29 is 0 Å². The monoisotopic (exact) mass is 792 g/mol. The maximum Gasteiger partial charge on any atom is 0.160 e. The van der Waals surface area contributed by atoms with Crippen molar-refractivity contribution in [3.05, 3.63) is 218 Å². The Balaban J connectivity index is 1.14. The quantitative estimate of drug-likeness (QED) is 0.157. The van der Waals surface area contributed by atoms with Gasteiger partial charge in [-0.15, -0.1) is 11.3 Å². The maximum absolute atomic E-state index is 5.46. The third-order valence-electron chi connectivity index (χ3n) is 12.0. The van der Waals surface area contributed by atoms with Crippen molar-refractivity contribution in [3.63, 3.8) is 0 Å². The molecule has 12 aromatic rings. The Morgan fingerprint density at radius 1 is 0.262 bits per heavy atom. The van der Waals surface area contributed by atoms with Gasteiger partial charge in [-0.3, -0.25) is 0 Å². The van der Waals surface area contributed by atoms with Crippen LogP contribution < -0.4 is 0 Å². The molecule has 0 aliphatic rings. The summed E-state index contributed by atoms with van der Waals surface area (Å²) in [5.74, 6) is 0.706. The second-order valence-electron chi connectivity index (χ2n) is 15.7. The molecule has 10 aromatic carbocycles. The van der Waals surface area contributed by atoms with Crippen LogP contribution >= 0.6 is 11.3 Å². The zero-order valence-corrected chi connectivity index (χ0v) is 33.9. The van der Waals surface area contributed by atoms with E-state index in [1.165, 1.54) is 59.3 Å². The molecule has 0 fully saturated rings. The van der Waals surface area contributed by atoms with Gasteiger partial charge in [0.05, 0.1) is 15.9 Å². The van der Waals surface area contributed by atoms with Gasteiger partial charge in [0.15, 0.2) is 5.82 Å². The lowest BCUT2D eigenvalue weighted by Crippen LogP contribution is -1.95. The number of hydrogen-bond donors (Lipinski definition) is 0. The van der Waals surface area contributed by atoms with Crippen LogP contribution in [0.25, 0.3) is 120 Å². The van der Waals surface area contributed by atoms with Crippen LogP contribution in [0.1, 0.15) is 0 Å². The summed E-state index contributed by atoms with van der Waals surface area (Å²) in [6.45, 7) is 0. The van der Waals surface area contributed by atoms with Gasteiger partial charge in [0.2, 0.25) is 0 Å². The van der Waals surface area contributed by atoms with Crippen LogP contribution in [0.5, 0.6) is 0 Å². The Morgan fingerprint density at radius 2 is 0.672 bits per heavy atom. The first-order valence-corrected chi connectivity index (χ1v) is 21.5. The van der Waals surface area contributed by atoms with Crippen LogP contribution in [0.3, 0.4) is 0 Å². The molecule has 0 radical (unpaired) electrons. The number of benzene rings is 10. The minimum atomic E-state index is 0.706. The van der Waals surface area contributed by atoms with E-state index in [1.54, 1.807) is 11.3 Å². The normalized spacial score (nSPS) is 11.6. The summed E-state index contributed by atoms with van der Waals surface area (Å²) >= 11 is 1.76. The Bertz CT molecular complexity index is 3540. The van der Waals surface area contributed by atoms with E-state index in [0.29, 0.717) is 5.82 Å². The summed E-state index contributed by atoms with van der Waals surface area (Å²) in [6, 6.07) is 79.0. The number of aromatic nitrogens is 2. The van der Waals surface area contributed by atoms with Crippen LogP contribution in [0.2, 0.25) is 0 Å². The van der Waals surface area contributed by atoms with Crippen LogP contribution in [-0.2, 0) is 0 Å². The fourth-order valence-electron chi connectivity index (χ4n) is 9.08. The third-order valence-corrected chi connectivity index (χ3v) is 13.2. The molecule has 2 aromatic heterocycles. The molecule has 0 atom stereocenters. The lowest BCUT2D eigenvalue weighted by atomic mass is 9.89. The van der Waals surface area contributed by atoms with E-state index >= 15 is 0 Å². The SMILES string of the molecule is c1ccc(-c2cc(-c3ccccc3)cc(-c3cc(-c4ccc5c6ccccc6c6ccccc6c5c4)cc(-c4nc(-c5ccccc5)c5sc6ccccc6c5n4)c3)c2)cc1. The number of rotatable bonds is 6. The Labute approximate surface area is 357 Å². The van der Waals surface area contributed by atoms with Crippen LogP contribution in [0.15, 0.2) is 218 Å². The minimum absolute atomic E-state index is 0.706. The zero-order valence-electron chi connectivity index (χ0n) is 33.1. The van der Waals surface area contributed by atoms with Gasteiger partial charge in [0.25, 0.3) is 0 Å². The Kier molecular flexibility index (Phi) is 8.39. The zero-order chi connectivity index (χ0) is 40.3. The van der Waals surface area contributed by atoms with Crippen molar-refractivity contribution in [2.45, 2.75) is 0 Å². The predicted octanol–water partition coefficient (Wildman–Crippen LogP) is 16.3. The summed E-state index contributed by atoms with van der Waals surface area (Å²) < 4.78 is 2.31. The van der Waals surface area contributed by atoms with Gasteiger partial charge < -0.3 is 0 Å². The van der Waals surface area contributed by atoms with Gasteiger partial charge in [-0.25, -0.2) is 9.97 Å². The number of thiophene rings is 1. The highest BCUT2D eigenvalue weighted by atomic mass is 32.1. The van der Waals surface area contributed by atoms with Crippen LogP contribution in [0, 0.1) is 0 Å². The predicted molar refractivity (Wildman–Crippen MR) is 260 cm³/mol. The number of nitrogens with zero attached hydrogens (tertiary/aromatic N) is 2. The smallest absolute Gasteiger partial charge is 0.160 e. The van der Waals surface area contributed by atoms with Crippen LogP contribution in [0.4, 0.5) is 0 Å². The van der Waals surface area contributed by atoms with Gasteiger partial charge in [-0.1, -0.05) is 170 Å². The molecule has 0 bridgehead atoms. The lowest BCUT2D eigenvalue weighted by Gasteiger charge is -2.16. The standard InChI is InChI=1S/C58H36N2S/c1-4-16-37(17-5-1)41-30-42(38-18-6-2-7-19-38)32-44(31-41)45-33-43(40-28-29-51-49-24-11-10-22-47(49)48-23-12-13-25-50(48)53(51)36-40)34-46(35-45)58-59-55(39-20-8-3-9-21-39)57-56(60-58)52-26-14-15-27-54(52)61-57/h1-36H. The van der Waals surface area contributed by atoms with E-state index in [-0.39, 0.29) is 0 Å². The maximum atomic E-state index is 5.46. The fraction of sp³-hybridized carbons (Fsp3) is 0. The first kappa shape index (κ1) is 35.2. The number of fused-ring (bicyclic) bond motifs is 9. The molecule has 0 unspecified atom stereocenters. The molecule has 0 saturated heterocycles. The van der Waals surface area contributed by atoms with E-state index in [9.17, 15) is 0 Å². The highest BCUT2D eigenvalue weighted by Crippen LogP contribution is 2.43. The first-order chi connectivity index (χ1) is 30.2. The van der Waals surface area contributed by atoms with E-state index in [4.69, 9.17) is 9.97 Å². The average Bonchev–Trinajstić information content (AvgIpc) is 3.73. The highest BCUT2D eigenvalue weighted by molar-refractivity contribution is 7.26. The molecule has 61 heavy (non-hydrogen) atoms. The molecule has 2 nitrogen and oxygen atoms in total. The summed E-state index contributed by atoms with van der Waals surface area (Å²) in [5.41, 5.74) is 13.2. The second-order valence-corrected chi connectivity index (χ2v) is 16.8. The van der Waals surface area contributed by atoms with Crippen molar-refractivity contribution in [1.82, 2.24) is 9.97 Å². The molecule has 284 valence electrons. The van der Waals surface area contributed by atoms with Gasteiger partial charge in [-0.05, 0) is 125 Å². The molecule has 0 aliphatic carbocycles. The molecule has 12 rings (SSSR count). The summed E-state index contributed by atoms with van der Waals surface area (Å²) in [5, 5.41) is 8.70. The van der Waals surface area contributed by atoms with E-state index in [2.05, 4.69) is 218 Å². The molecular weight excluding hydrogens is 757 g/mol. The molecule has 3 heteroatoms. The minimum Gasteiger partial charge on any atom is -0.226 e. The van der Waals surface area contributed by atoms with Gasteiger partial charge in [0, 0.05) is 21.2 Å². The number of hydrogen-bond acceptors (Lipinski definition) is 3. The van der Waals surface area contributed by atoms with Gasteiger partial charge in [0.1, 0.15) is 0 Å². The van der Waals surface area contributed by atoms with Crippen molar-refractivity contribution >= 4 is 64.0 Å². The molecule has 0 spiro atoms. The van der Waals surface area contributed by atoms with Crippen molar-refractivity contribution in [2.24, 2.45) is 0 Å². The molecule has 0 aliphatic heterocycles. The molecule has 2 heterocycles. The molecule has 0 amide bonds. The molecule has 0 N–H and O–H groups in total. The highest BCUT2D eigenvalue weighted by Gasteiger charge is 2.19. The van der Waals surface area contributed by atoms with Gasteiger partial charge in [-0.2, -0.15) is 0 Å². The van der Waals surface area contributed by atoms with E-state index in [0.717, 1.165) is 54.7 Å². The van der Waals surface area contributed by atoms with Crippen molar-refractivity contribution in [2.75, 3.05) is 0 Å². The third kappa shape index (κ3) is 6.18. The largest absolute Gasteiger partial charge is 0.226 e.